The maximum absolute atomic E-state index is 13.1. The normalized spacial score (nSPS) is 14.3. The summed E-state index contributed by atoms with van der Waals surface area (Å²) in [5.41, 5.74) is 0.311. The monoisotopic (exact) mass is 288 g/mol. The van der Waals surface area contributed by atoms with E-state index in [1.807, 2.05) is 0 Å². The Morgan fingerprint density at radius 2 is 2.19 bits per heavy atom. The van der Waals surface area contributed by atoms with Crippen LogP contribution in [0.1, 0.15) is 41.3 Å². The van der Waals surface area contributed by atoms with Gasteiger partial charge < -0.3 is 9.88 Å². The Kier molecular flexibility index (Phi) is 3.94. The quantitative estimate of drug-likeness (QED) is 0.940. The highest BCUT2D eigenvalue weighted by Crippen LogP contribution is 2.14. The van der Waals surface area contributed by atoms with Crippen molar-refractivity contribution in [2.75, 3.05) is 0 Å². The lowest BCUT2D eigenvalue weighted by atomic mass is 10.2. The average Bonchev–Trinajstić information content (AvgIpc) is 2.72. The van der Waals surface area contributed by atoms with Crippen LogP contribution in [-0.4, -0.2) is 20.7 Å². The number of nitrogens with zero attached hydrogens (tertiary/aromatic N) is 3. The highest BCUT2D eigenvalue weighted by Gasteiger charge is 2.15. The lowest BCUT2D eigenvalue weighted by Gasteiger charge is -2.08. The minimum absolute atomic E-state index is 0.305. The summed E-state index contributed by atoms with van der Waals surface area (Å²) in [6.07, 6.45) is 4.37. The lowest BCUT2D eigenvalue weighted by Crippen LogP contribution is -2.25. The molecule has 1 aliphatic heterocycles. The molecule has 0 aliphatic carbocycles. The first kappa shape index (κ1) is 13.7. The first-order valence-electron chi connectivity index (χ1n) is 7.19. The second-order valence-corrected chi connectivity index (χ2v) is 5.19. The van der Waals surface area contributed by atoms with Gasteiger partial charge in [0, 0.05) is 18.5 Å². The predicted molar refractivity (Wildman–Crippen MR) is 75.1 cm³/mol. The second-order valence-electron chi connectivity index (χ2n) is 5.19. The predicted octanol–water partition coefficient (Wildman–Crippen LogP) is 2.07. The van der Waals surface area contributed by atoms with Crippen LogP contribution in [0.4, 0.5) is 4.39 Å². The zero-order chi connectivity index (χ0) is 14.7. The van der Waals surface area contributed by atoms with E-state index in [-0.39, 0.29) is 5.91 Å². The highest BCUT2D eigenvalue weighted by atomic mass is 19.1. The van der Waals surface area contributed by atoms with Crippen LogP contribution in [0, 0.1) is 5.82 Å². The average molecular weight is 288 g/mol. The second kappa shape index (κ2) is 6.03. The third-order valence-electron chi connectivity index (χ3n) is 3.68. The van der Waals surface area contributed by atoms with E-state index < -0.39 is 5.82 Å². The number of benzene rings is 1. The van der Waals surface area contributed by atoms with E-state index in [0.29, 0.717) is 12.1 Å². The summed E-state index contributed by atoms with van der Waals surface area (Å²) in [6.45, 7) is 1.20. The number of fused-ring (bicyclic) bond motifs is 1. The van der Waals surface area contributed by atoms with E-state index in [2.05, 4.69) is 20.1 Å². The van der Waals surface area contributed by atoms with Crippen molar-refractivity contribution in [2.45, 2.75) is 38.8 Å². The molecule has 2 aromatic rings. The van der Waals surface area contributed by atoms with E-state index >= 15 is 0 Å². The molecule has 0 saturated carbocycles. The molecule has 0 radical (unpaired) electrons. The molecule has 1 amide bonds. The molecule has 0 saturated heterocycles. The minimum Gasteiger partial charge on any atom is -0.345 e. The van der Waals surface area contributed by atoms with Crippen LogP contribution in [0.5, 0.6) is 0 Å². The summed E-state index contributed by atoms with van der Waals surface area (Å²) in [5, 5.41) is 11.1. The molecule has 6 heteroatoms. The van der Waals surface area contributed by atoms with Crippen molar-refractivity contribution in [3.63, 3.8) is 0 Å². The Morgan fingerprint density at radius 3 is 3.05 bits per heavy atom. The fourth-order valence-electron chi connectivity index (χ4n) is 2.57. The summed E-state index contributed by atoms with van der Waals surface area (Å²) in [6, 6.07) is 5.64. The number of hydrogen-bond donors (Lipinski definition) is 1. The number of aromatic nitrogens is 3. The van der Waals surface area contributed by atoms with E-state index in [9.17, 15) is 9.18 Å². The summed E-state index contributed by atoms with van der Waals surface area (Å²) in [7, 11) is 0. The molecular weight excluding hydrogens is 271 g/mol. The molecule has 3 rings (SSSR count). The number of amides is 1. The van der Waals surface area contributed by atoms with Crippen LogP contribution in [-0.2, 0) is 19.5 Å². The number of aryl methyl sites for hydroxylation is 1. The Labute approximate surface area is 122 Å². The Morgan fingerprint density at radius 1 is 1.29 bits per heavy atom. The Hall–Kier alpha value is -2.24. The Balaban J connectivity index is 1.68. The Bertz CT molecular complexity index is 653. The van der Waals surface area contributed by atoms with Gasteiger partial charge in [-0.05, 0) is 31.0 Å². The number of carbonyl (C=O) groups is 1. The molecule has 1 aromatic heterocycles. The van der Waals surface area contributed by atoms with Crippen LogP contribution in [0.2, 0.25) is 0 Å². The van der Waals surface area contributed by atoms with E-state index in [4.69, 9.17) is 0 Å². The number of rotatable bonds is 3. The van der Waals surface area contributed by atoms with Gasteiger partial charge in [-0.1, -0.05) is 12.5 Å². The van der Waals surface area contributed by atoms with E-state index in [1.165, 1.54) is 24.6 Å². The fourth-order valence-corrected chi connectivity index (χ4v) is 2.57. The van der Waals surface area contributed by atoms with E-state index in [1.54, 1.807) is 6.07 Å². The molecule has 0 atom stereocenters. The summed E-state index contributed by atoms with van der Waals surface area (Å²) in [5.74, 6) is 1.03. The first-order chi connectivity index (χ1) is 10.2. The highest BCUT2D eigenvalue weighted by molar-refractivity contribution is 5.94. The van der Waals surface area contributed by atoms with Crippen LogP contribution < -0.4 is 5.32 Å². The van der Waals surface area contributed by atoms with Crippen molar-refractivity contribution >= 4 is 5.91 Å². The zero-order valence-corrected chi connectivity index (χ0v) is 11.7. The topological polar surface area (TPSA) is 59.8 Å². The van der Waals surface area contributed by atoms with Gasteiger partial charge in [-0.2, -0.15) is 0 Å². The van der Waals surface area contributed by atoms with E-state index in [0.717, 1.165) is 37.5 Å². The zero-order valence-electron chi connectivity index (χ0n) is 11.7. The van der Waals surface area contributed by atoms with Gasteiger partial charge >= 0.3 is 0 Å². The number of carbonyl (C=O) groups excluding carboxylic acids is 1. The maximum atomic E-state index is 13.1. The molecule has 2 heterocycles. The van der Waals surface area contributed by atoms with Crippen molar-refractivity contribution in [3.05, 3.63) is 47.3 Å². The molecule has 0 spiro atoms. The van der Waals surface area contributed by atoms with Gasteiger partial charge in [0.1, 0.15) is 11.6 Å². The fraction of sp³-hybridized carbons (Fsp3) is 0.400. The van der Waals surface area contributed by atoms with Gasteiger partial charge in [-0.15, -0.1) is 10.2 Å². The SMILES string of the molecule is O=C(NCc1nnc2n1CCCCC2)c1cccc(F)c1. The third kappa shape index (κ3) is 3.09. The maximum Gasteiger partial charge on any atom is 0.251 e. The van der Waals surface area contributed by atoms with Crippen molar-refractivity contribution in [1.82, 2.24) is 20.1 Å². The molecule has 5 nitrogen and oxygen atoms in total. The van der Waals surface area contributed by atoms with Gasteiger partial charge in [0.05, 0.1) is 6.54 Å². The van der Waals surface area contributed by atoms with Crippen molar-refractivity contribution in [2.24, 2.45) is 0 Å². The van der Waals surface area contributed by atoms with Crippen molar-refractivity contribution < 1.29 is 9.18 Å². The number of nitrogens with one attached hydrogen (secondary N) is 1. The van der Waals surface area contributed by atoms with Gasteiger partial charge in [0.15, 0.2) is 5.82 Å². The van der Waals surface area contributed by atoms with Crippen LogP contribution in [0.25, 0.3) is 0 Å². The molecule has 21 heavy (non-hydrogen) atoms. The smallest absolute Gasteiger partial charge is 0.251 e. The molecule has 0 fully saturated rings. The van der Waals surface area contributed by atoms with Gasteiger partial charge in [0.2, 0.25) is 0 Å². The summed E-state index contributed by atoms with van der Waals surface area (Å²) < 4.78 is 15.2. The largest absolute Gasteiger partial charge is 0.345 e. The molecule has 0 bridgehead atoms. The van der Waals surface area contributed by atoms with Crippen molar-refractivity contribution in [3.8, 4) is 0 Å². The first-order valence-corrected chi connectivity index (χ1v) is 7.19. The minimum atomic E-state index is -0.418. The molecule has 1 aromatic carbocycles. The van der Waals surface area contributed by atoms with Crippen LogP contribution in [0.3, 0.4) is 0 Å². The number of halogens is 1. The van der Waals surface area contributed by atoms with Gasteiger partial charge in [0.25, 0.3) is 5.91 Å². The van der Waals surface area contributed by atoms with Crippen LogP contribution in [0.15, 0.2) is 24.3 Å². The standard InChI is InChI=1S/C15H17FN4O/c16-12-6-4-5-11(9-12)15(21)17-10-14-19-18-13-7-2-1-3-8-20(13)14/h4-6,9H,1-3,7-8,10H2,(H,17,21). The molecule has 0 unspecified atom stereocenters. The summed E-state index contributed by atoms with van der Waals surface area (Å²) in [4.78, 5) is 12.0. The molecule has 110 valence electrons. The lowest BCUT2D eigenvalue weighted by molar-refractivity contribution is 0.0949. The van der Waals surface area contributed by atoms with Gasteiger partial charge in [-0.3, -0.25) is 4.79 Å². The molecule has 1 N–H and O–H groups in total. The molecular formula is C15H17FN4O. The molecule has 1 aliphatic rings. The van der Waals surface area contributed by atoms with Crippen molar-refractivity contribution in [1.29, 1.82) is 0 Å². The number of hydrogen-bond acceptors (Lipinski definition) is 3. The third-order valence-corrected chi connectivity index (χ3v) is 3.68. The summed E-state index contributed by atoms with van der Waals surface area (Å²) >= 11 is 0. The van der Waals surface area contributed by atoms with Crippen LogP contribution >= 0.6 is 0 Å². The van der Waals surface area contributed by atoms with Gasteiger partial charge in [-0.25, -0.2) is 4.39 Å².